The lowest BCUT2D eigenvalue weighted by atomic mass is 10.0. The highest BCUT2D eigenvalue weighted by Crippen LogP contribution is 2.27. The van der Waals surface area contributed by atoms with E-state index in [1.165, 1.54) is 15.8 Å². The molecule has 26 heavy (non-hydrogen) atoms. The van der Waals surface area contributed by atoms with Crippen molar-refractivity contribution in [3.63, 3.8) is 0 Å². The van der Waals surface area contributed by atoms with E-state index in [0.29, 0.717) is 35.3 Å². The maximum Gasteiger partial charge on any atom is 0.265 e. The summed E-state index contributed by atoms with van der Waals surface area (Å²) in [5, 5.41) is 4.31. The summed E-state index contributed by atoms with van der Waals surface area (Å²) in [4.78, 5) is 13.0. The third-order valence-corrected chi connectivity index (χ3v) is 7.33. The lowest BCUT2D eigenvalue weighted by Crippen LogP contribution is -2.38. The Bertz CT molecular complexity index is 875. The highest BCUT2D eigenvalue weighted by atomic mass is 32.2. The summed E-state index contributed by atoms with van der Waals surface area (Å²) >= 11 is 1.13. The van der Waals surface area contributed by atoms with Gasteiger partial charge in [-0.2, -0.15) is 4.31 Å². The van der Waals surface area contributed by atoms with E-state index >= 15 is 0 Å². The highest BCUT2D eigenvalue weighted by molar-refractivity contribution is 7.89. The molecule has 1 aromatic heterocycles. The number of thiophene rings is 1. The predicted molar refractivity (Wildman–Crippen MR) is 102 cm³/mol. The van der Waals surface area contributed by atoms with Crippen LogP contribution < -0.4 is 10.1 Å². The lowest BCUT2D eigenvalue weighted by molar-refractivity contribution is 0.103. The number of nitrogens with zero attached hydrogens (tertiary/aromatic N) is 1. The standard InChI is InChI=1S/C18H22N2O4S2/c1-13-4-3-9-20(11-13)26(22,23)16-10-17(25-12-16)18(21)19-14-5-7-15(24-2)8-6-14/h5-8,10,12-13H,3-4,9,11H2,1-2H3,(H,19,21). The van der Waals surface area contributed by atoms with Crippen LogP contribution in [0.2, 0.25) is 0 Å². The van der Waals surface area contributed by atoms with Crippen molar-refractivity contribution in [2.75, 3.05) is 25.5 Å². The molecule has 1 unspecified atom stereocenters. The van der Waals surface area contributed by atoms with Gasteiger partial charge in [0, 0.05) is 24.2 Å². The minimum Gasteiger partial charge on any atom is -0.497 e. The molecule has 2 aromatic rings. The number of anilines is 1. The Morgan fingerprint density at radius 3 is 2.69 bits per heavy atom. The van der Waals surface area contributed by atoms with Gasteiger partial charge in [-0.15, -0.1) is 11.3 Å². The molecule has 0 radical (unpaired) electrons. The van der Waals surface area contributed by atoms with Gasteiger partial charge in [-0.1, -0.05) is 6.92 Å². The Balaban J connectivity index is 1.72. The summed E-state index contributed by atoms with van der Waals surface area (Å²) < 4.78 is 32.2. The molecule has 1 N–H and O–H groups in total. The van der Waals surface area contributed by atoms with Crippen molar-refractivity contribution in [2.24, 2.45) is 5.92 Å². The van der Waals surface area contributed by atoms with Gasteiger partial charge >= 0.3 is 0 Å². The van der Waals surface area contributed by atoms with Crippen LogP contribution in [0.1, 0.15) is 29.4 Å². The first-order chi connectivity index (χ1) is 12.4. The third kappa shape index (κ3) is 4.08. The molecule has 1 atom stereocenters. The molecule has 2 heterocycles. The second kappa shape index (κ2) is 7.77. The molecule has 1 aliphatic rings. The molecule has 1 amide bonds. The van der Waals surface area contributed by atoms with Crippen LogP contribution in [0.25, 0.3) is 0 Å². The number of sulfonamides is 1. The second-order valence-corrected chi connectivity index (χ2v) is 9.29. The quantitative estimate of drug-likeness (QED) is 0.843. The SMILES string of the molecule is COc1ccc(NC(=O)c2cc(S(=O)(=O)N3CCCC(C)C3)cs2)cc1. The number of benzene rings is 1. The zero-order valence-corrected chi connectivity index (χ0v) is 16.4. The number of nitrogens with one attached hydrogen (secondary N) is 1. The Morgan fingerprint density at radius 2 is 2.04 bits per heavy atom. The van der Waals surface area contributed by atoms with Gasteiger partial charge in [0.15, 0.2) is 0 Å². The number of ether oxygens (including phenoxy) is 1. The van der Waals surface area contributed by atoms with Gasteiger partial charge in [0.05, 0.1) is 16.9 Å². The van der Waals surface area contributed by atoms with Crippen molar-refractivity contribution < 1.29 is 17.9 Å². The number of hydrogen-bond acceptors (Lipinski definition) is 5. The molecular weight excluding hydrogens is 372 g/mol. The molecule has 1 fully saturated rings. The van der Waals surface area contributed by atoms with E-state index in [-0.39, 0.29) is 10.8 Å². The molecule has 3 rings (SSSR count). The van der Waals surface area contributed by atoms with E-state index in [2.05, 4.69) is 12.2 Å². The van der Waals surface area contributed by atoms with Crippen molar-refractivity contribution in [2.45, 2.75) is 24.7 Å². The van der Waals surface area contributed by atoms with Gasteiger partial charge in [-0.25, -0.2) is 8.42 Å². The predicted octanol–water partition coefficient (Wildman–Crippen LogP) is 3.43. The summed E-state index contributed by atoms with van der Waals surface area (Å²) in [6.07, 6.45) is 1.92. The molecule has 0 saturated carbocycles. The van der Waals surface area contributed by atoms with Gasteiger partial charge in [0.2, 0.25) is 10.0 Å². The normalized spacial score (nSPS) is 18.5. The van der Waals surface area contributed by atoms with Crippen LogP contribution in [0.5, 0.6) is 5.75 Å². The molecule has 8 heteroatoms. The van der Waals surface area contributed by atoms with Crippen LogP contribution in [0, 0.1) is 5.92 Å². The number of hydrogen-bond donors (Lipinski definition) is 1. The average molecular weight is 395 g/mol. The first-order valence-electron chi connectivity index (χ1n) is 8.44. The van der Waals surface area contributed by atoms with E-state index in [0.717, 1.165) is 24.2 Å². The first-order valence-corrected chi connectivity index (χ1v) is 10.8. The van der Waals surface area contributed by atoms with Crippen molar-refractivity contribution in [3.05, 3.63) is 40.6 Å². The fourth-order valence-electron chi connectivity index (χ4n) is 2.95. The fourth-order valence-corrected chi connectivity index (χ4v) is 5.71. The second-order valence-electron chi connectivity index (χ2n) is 6.44. The number of piperidine rings is 1. The van der Waals surface area contributed by atoms with Crippen LogP contribution in [-0.4, -0.2) is 38.8 Å². The molecule has 0 spiro atoms. The summed E-state index contributed by atoms with van der Waals surface area (Å²) in [5.41, 5.74) is 0.624. The summed E-state index contributed by atoms with van der Waals surface area (Å²) in [5.74, 6) is 0.729. The molecular formula is C18H22N2O4S2. The van der Waals surface area contributed by atoms with Crippen LogP contribution in [0.3, 0.4) is 0 Å². The zero-order chi connectivity index (χ0) is 18.7. The van der Waals surface area contributed by atoms with Gasteiger partial charge in [-0.3, -0.25) is 4.79 Å². The molecule has 0 aliphatic carbocycles. The van der Waals surface area contributed by atoms with Gasteiger partial charge in [-0.05, 0) is 49.1 Å². The smallest absolute Gasteiger partial charge is 0.265 e. The molecule has 0 bridgehead atoms. The van der Waals surface area contributed by atoms with Crippen LogP contribution in [0.15, 0.2) is 40.6 Å². The average Bonchev–Trinajstić information content (AvgIpc) is 3.13. The summed E-state index contributed by atoms with van der Waals surface area (Å²) in [6, 6.07) is 8.42. The Hall–Kier alpha value is -1.90. The number of rotatable bonds is 5. The number of carbonyl (C=O) groups is 1. The third-order valence-electron chi connectivity index (χ3n) is 4.40. The van der Waals surface area contributed by atoms with Crippen LogP contribution >= 0.6 is 11.3 Å². The lowest BCUT2D eigenvalue weighted by Gasteiger charge is -2.29. The summed E-state index contributed by atoms with van der Waals surface area (Å²) in [7, 11) is -1.97. The number of amides is 1. The Morgan fingerprint density at radius 1 is 1.31 bits per heavy atom. The number of carbonyl (C=O) groups excluding carboxylic acids is 1. The molecule has 6 nitrogen and oxygen atoms in total. The van der Waals surface area contributed by atoms with Crippen molar-refractivity contribution >= 4 is 33.0 Å². The Labute approximate surface area is 157 Å². The van der Waals surface area contributed by atoms with E-state index in [1.54, 1.807) is 31.4 Å². The van der Waals surface area contributed by atoms with Crippen molar-refractivity contribution in [1.29, 1.82) is 0 Å². The van der Waals surface area contributed by atoms with E-state index < -0.39 is 10.0 Å². The first kappa shape index (κ1) is 18.9. The summed E-state index contributed by atoms with van der Waals surface area (Å²) in [6.45, 7) is 3.13. The zero-order valence-electron chi connectivity index (χ0n) is 14.8. The van der Waals surface area contributed by atoms with Gasteiger partial charge in [0.1, 0.15) is 5.75 Å². The van der Waals surface area contributed by atoms with Crippen molar-refractivity contribution in [1.82, 2.24) is 4.31 Å². The minimum atomic E-state index is -3.54. The monoisotopic (exact) mass is 394 g/mol. The molecule has 1 aromatic carbocycles. The highest BCUT2D eigenvalue weighted by Gasteiger charge is 2.30. The van der Waals surface area contributed by atoms with E-state index in [4.69, 9.17) is 4.74 Å². The number of methoxy groups -OCH3 is 1. The van der Waals surface area contributed by atoms with Gasteiger partial charge < -0.3 is 10.1 Å². The van der Waals surface area contributed by atoms with E-state index in [9.17, 15) is 13.2 Å². The van der Waals surface area contributed by atoms with Crippen molar-refractivity contribution in [3.8, 4) is 5.75 Å². The van der Waals surface area contributed by atoms with Crippen LogP contribution in [0.4, 0.5) is 5.69 Å². The van der Waals surface area contributed by atoms with Crippen LogP contribution in [-0.2, 0) is 10.0 Å². The Kier molecular flexibility index (Phi) is 5.64. The van der Waals surface area contributed by atoms with E-state index in [1.807, 2.05) is 0 Å². The largest absolute Gasteiger partial charge is 0.497 e. The van der Waals surface area contributed by atoms with Gasteiger partial charge in [0.25, 0.3) is 5.91 Å². The molecule has 140 valence electrons. The topological polar surface area (TPSA) is 75.7 Å². The fraction of sp³-hybridized carbons (Fsp3) is 0.389. The molecule has 1 saturated heterocycles. The maximum atomic E-state index is 12.8. The maximum absolute atomic E-state index is 12.8. The molecule has 1 aliphatic heterocycles. The minimum absolute atomic E-state index is 0.191.